The van der Waals surface area contributed by atoms with E-state index in [1.165, 1.54) is 22.3 Å². The standard InChI is InChI=1S/C20H15BrN2/c21-19-6-5-17-11-16(12-18(17)13-19)2-1-15-3-7-20(8-4-15)23-10-9-22-14-23/h1-11,13-14H,12H2/b2-1+. The number of fused-ring (bicyclic) bond motifs is 1. The van der Waals surface area contributed by atoms with Crippen molar-refractivity contribution in [1.29, 1.82) is 0 Å². The molecule has 0 saturated heterocycles. The van der Waals surface area contributed by atoms with Gasteiger partial charge in [0.2, 0.25) is 0 Å². The van der Waals surface area contributed by atoms with Gasteiger partial charge < -0.3 is 4.57 Å². The second-order valence-corrected chi connectivity index (χ2v) is 6.55. The third kappa shape index (κ3) is 3.06. The molecule has 3 aromatic rings. The van der Waals surface area contributed by atoms with Crippen LogP contribution in [-0.2, 0) is 6.42 Å². The maximum atomic E-state index is 4.07. The minimum Gasteiger partial charge on any atom is -0.306 e. The van der Waals surface area contributed by atoms with Crippen LogP contribution in [0.3, 0.4) is 0 Å². The highest BCUT2D eigenvalue weighted by Gasteiger charge is 2.10. The first-order valence-corrected chi connectivity index (χ1v) is 8.33. The lowest BCUT2D eigenvalue weighted by molar-refractivity contribution is 1.06. The summed E-state index contributed by atoms with van der Waals surface area (Å²) in [6.07, 6.45) is 13.2. The normalized spacial score (nSPS) is 13.3. The number of rotatable bonds is 3. The first-order valence-electron chi connectivity index (χ1n) is 7.53. The van der Waals surface area contributed by atoms with Crippen LogP contribution in [0.4, 0.5) is 0 Å². The number of halogens is 1. The van der Waals surface area contributed by atoms with Crippen LogP contribution in [0, 0.1) is 0 Å². The van der Waals surface area contributed by atoms with Crippen LogP contribution in [0.5, 0.6) is 0 Å². The molecule has 2 aromatic carbocycles. The van der Waals surface area contributed by atoms with Gasteiger partial charge in [0.15, 0.2) is 0 Å². The van der Waals surface area contributed by atoms with E-state index in [2.05, 4.69) is 81.6 Å². The molecule has 0 bridgehead atoms. The minimum absolute atomic E-state index is 0.998. The Balaban J connectivity index is 1.50. The zero-order chi connectivity index (χ0) is 15.6. The van der Waals surface area contributed by atoms with Crippen molar-refractivity contribution in [3.05, 3.63) is 94.0 Å². The molecule has 4 rings (SSSR count). The lowest BCUT2D eigenvalue weighted by atomic mass is 10.1. The Morgan fingerprint density at radius 3 is 2.70 bits per heavy atom. The van der Waals surface area contributed by atoms with Gasteiger partial charge in [-0.15, -0.1) is 0 Å². The van der Waals surface area contributed by atoms with Crippen LogP contribution in [0.25, 0.3) is 17.8 Å². The van der Waals surface area contributed by atoms with Crippen LogP contribution < -0.4 is 0 Å². The third-order valence-corrected chi connectivity index (χ3v) is 4.52. The predicted molar refractivity (Wildman–Crippen MR) is 98.4 cm³/mol. The monoisotopic (exact) mass is 362 g/mol. The zero-order valence-electron chi connectivity index (χ0n) is 12.5. The lowest BCUT2D eigenvalue weighted by Gasteiger charge is -2.02. The van der Waals surface area contributed by atoms with Crippen LogP contribution in [0.1, 0.15) is 16.7 Å². The second-order valence-electron chi connectivity index (χ2n) is 5.63. The fourth-order valence-electron chi connectivity index (χ4n) is 2.82. The van der Waals surface area contributed by atoms with Gasteiger partial charge in [-0.1, -0.05) is 52.4 Å². The highest BCUT2D eigenvalue weighted by molar-refractivity contribution is 9.10. The molecular weight excluding hydrogens is 348 g/mol. The van der Waals surface area contributed by atoms with Crippen molar-refractivity contribution in [2.24, 2.45) is 0 Å². The molecule has 3 heteroatoms. The Hall–Kier alpha value is -2.39. The summed E-state index contributed by atoms with van der Waals surface area (Å²) < 4.78 is 3.14. The van der Waals surface area contributed by atoms with Gasteiger partial charge in [-0.25, -0.2) is 4.98 Å². The molecule has 112 valence electrons. The molecule has 1 aliphatic rings. The van der Waals surface area contributed by atoms with E-state index in [1.54, 1.807) is 6.20 Å². The number of benzene rings is 2. The summed E-state index contributed by atoms with van der Waals surface area (Å²) in [7, 11) is 0. The first-order chi connectivity index (χ1) is 11.3. The molecule has 0 aliphatic heterocycles. The molecule has 0 amide bonds. The van der Waals surface area contributed by atoms with Crippen LogP contribution in [-0.4, -0.2) is 9.55 Å². The largest absolute Gasteiger partial charge is 0.306 e. The Morgan fingerprint density at radius 2 is 1.91 bits per heavy atom. The van der Waals surface area contributed by atoms with E-state index in [1.807, 2.05) is 17.1 Å². The molecule has 0 spiro atoms. The number of imidazole rings is 1. The maximum Gasteiger partial charge on any atom is 0.0991 e. The lowest BCUT2D eigenvalue weighted by Crippen LogP contribution is -1.88. The van der Waals surface area contributed by atoms with Gasteiger partial charge in [0.1, 0.15) is 0 Å². The van der Waals surface area contributed by atoms with Gasteiger partial charge in [0.05, 0.1) is 6.33 Å². The van der Waals surface area contributed by atoms with Crippen molar-refractivity contribution >= 4 is 28.1 Å². The van der Waals surface area contributed by atoms with Crippen molar-refractivity contribution in [3.8, 4) is 5.69 Å². The van der Waals surface area contributed by atoms with Gasteiger partial charge in [-0.05, 0) is 52.9 Å². The molecule has 1 heterocycles. The molecule has 0 saturated carbocycles. The molecule has 0 N–H and O–H groups in total. The number of hydrogen-bond acceptors (Lipinski definition) is 1. The van der Waals surface area contributed by atoms with Gasteiger partial charge in [-0.2, -0.15) is 0 Å². The van der Waals surface area contributed by atoms with E-state index in [9.17, 15) is 0 Å². The van der Waals surface area contributed by atoms with Gasteiger partial charge >= 0.3 is 0 Å². The average Bonchev–Trinajstić information content (AvgIpc) is 3.22. The molecule has 0 radical (unpaired) electrons. The average molecular weight is 363 g/mol. The number of nitrogens with zero attached hydrogens (tertiary/aromatic N) is 2. The van der Waals surface area contributed by atoms with E-state index in [0.29, 0.717) is 0 Å². The molecule has 1 aromatic heterocycles. The molecule has 0 unspecified atom stereocenters. The molecule has 2 nitrogen and oxygen atoms in total. The summed E-state index contributed by atoms with van der Waals surface area (Å²) >= 11 is 3.54. The van der Waals surface area contributed by atoms with Crippen LogP contribution >= 0.6 is 15.9 Å². The van der Waals surface area contributed by atoms with Crippen molar-refractivity contribution < 1.29 is 0 Å². The van der Waals surface area contributed by atoms with E-state index in [4.69, 9.17) is 0 Å². The Morgan fingerprint density at radius 1 is 1.04 bits per heavy atom. The summed E-state index contributed by atoms with van der Waals surface area (Å²) in [4.78, 5) is 4.07. The van der Waals surface area contributed by atoms with Gasteiger partial charge in [0.25, 0.3) is 0 Å². The molecule has 0 fully saturated rings. The summed E-state index contributed by atoms with van der Waals surface area (Å²) in [5.74, 6) is 0. The van der Waals surface area contributed by atoms with Crippen molar-refractivity contribution in [3.63, 3.8) is 0 Å². The second kappa shape index (κ2) is 6.01. The maximum absolute atomic E-state index is 4.07. The minimum atomic E-state index is 0.998. The van der Waals surface area contributed by atoms with Gasteiger partial charge in [-0.3, -0.25) is 0 Å². The molecular formula is C20H15BrN2. The predicted octanol–water partition coefficient (Wildman–Crippen LogP) is 5.29. The third-order valence-electron chi connectivity index (χ3n) is 4.03. The van der Waals surface area contributed by atoms with Crippen molar-refractivity contribution in [2.75, 3.05) is 0 Å². The molecule has 1 aliphatic carbocycles. The van der Waals surface area contributed by atoms with Gasteiger partial charge in [0, 0.05) is 22.6 Å². The fourth-order valence-corrected chi connectivity index (χ4v) is 3.23. The highest BCUT2D eigenvalue weighted by Crippen LogP contribution is 2.28. The smallest absolute Gasteiger partial charge is 0.0991 e. The summed E-state index contributed by atoms with van der Waals surface area (Å²) in [6.45, 7) is 0. The fraction of sp³-hybridized carbons (Fsp3) is 0.0500. The zero-order valence-corrected chi connectivity index (χ0v) is 14.1. The van der Waals surface area contributed by atoms with E-state index in [0.717, 1.165) is 16.6 Å². The number of hydrogen-bond donors (Lipinski definition) is 0. The van der Waals surface area contributed by atoms with Crippen LogP contribution in [0.2, 0.25) is 0 Å². The molecule has 23 heavy (non-hydrogen) atoms. The topological polar surface area (TPSA) is 17.8 Å². The molecule has 0 atom stereocenters. The van der Waals surface area contributed by atoms with Crippen molar-refractivity contribution in [1.82, 2.24) is 9.55 Å². The summed E-state index contributed by atoms with van der Waals surface area (Å²) in [6, 6.07) is 14.9. The number of aromatic nitrogens is 2. The summed E-state index contributed by atoms with van der Waals surface area (Å²) in [5, 5.41) is 0. The van der Waals surface area contributed by atoms with E-state index < -0.39 is 0 Å². The Bertz CT molecular complexity index is 888. The SMILES string of the molecule is Brc1ccc2c(c1)CC(/C=C/c1ccc(-n3ccnc3)cc1)=C2. The Labute approximate surface area is 143 Å². The summed E-state index contributed by atoms with van der Waals surface area (Å²) in [5.41, 5.74) is 6.37. The quantitative estimate of drug-likeness (QED) is 0.618. The highest BCUT2D eigenvalue weighted by atomic mass is 79.9. The number of allylic oxidation sites excluding steroid dienone is 2. The van der Waals surface area contributed by atoms with E-state index >= 15 is 0 Å². The van der Waals surface area contributed by atoms with E-state index in [-0.39, 0.29) is 0 Å². The van der Waals surface area contributed by atoms with Crippen LogP contribution in [0.15, 0.2) is 77.3 Å². The Kier molecular flexibility index (Phi) is 3.72. The van der Waals surface area contributed by atoms with Crippen molar-refractivity contribution in [2.45, 2.75) is 6.42 Å². The first kappa shape index (κ1) is 14.2.